The highest BCUT2D eigenvalue weighted by Gasteiger charge is 2.12. The molecule has 29 heavy (non-hydrogen) atoms. The first-order chi connectivity index (χ1) is 13.9. The molecule has 6 heteroatoms. The Morgan fingerprint density at radius 2 is 1.72 bits per heavy atom. The summed E-state index contributed by atoms with van der Waals surface area (Å²) in [4.78, 5) is 28.6. The van der Waals surface area contributed by atoms with Crippen molar-refractivity contribution in [3.8, 4) is 0 Å². The van der Waals surface area contributed by atoms with Crippen LogP contribution in [0.2, 0.25) is 0 Å². The molecule has 148 valence electrons. The second-order valence-corrected chi connectivity index (χ2v) is 6.72. The fraction of sp³-hybridized carbons (Fsp3) is 0.174. The molecule has 6 nitrogen and oxygen atoms in total. The molecular weight excluding hydrogens is 366 g/mol. The maximum atomic E-state index is 12.5. The molecule has 0 fully saturated rings. The van der Waals surface area contributed by atoms with Crippen LogP contribution >= 0.6 is 0 Å². The normalized spacial score (nSPS) is 10.9. The molecule has 1 N–H and O–H groups in total. The van der Waals surface area contributed by atoms with Crippen molar-refractivity contribution in [2.24, 2.45) is 4.99 Å². The van der Waals surface area contributed by atoms with Crippen molar-refractivity contribution in [2.75, 3.05) is 12.5 Å². The van der Waals surface area contributed by atoms with Crippen molar-refractivity contribution in [3.05, 3.63) is 88.2 Å². The molecule has 0 bridgehead atoms. The molecule has 1 amide bonds. The Morgan fingerprint density at radius 1 is 1.00 bits per heavy atom. The number of carbonyl (C=O) groups is 2. The fourth-order valence-corrected chi connectivity index (χ4v) is 3.03. The molecule has 0 aliphatic heterocycles. The summed E-state index contributed by atoms with van der Waals surface area (Å²) in [6, 6.07) is 16.3. The summed E-state index contributed by atoms with van der Waals surface area (Å²) < 4.78 is 6.49. The van der Waals surface area contributed by atoms with E-state index >= 15 is 0 Å². The molecular formula is C23H23N3O3. The number of methoxy groups -OCH3 is 1. The molecule has 0 saturated heterocycles. The summed E-state index contributed by atoms with van der Waals surface area (Å²) in [6.07, 6.45) is 1.76. The zero-order valence-corrected chi connectivity index (χ0v) is 16.9. The Hall–Kier alpha value is -3.67. The highest BCUT2D eigenvalue weighted by molar-refractivity contribution is 6.00. The van der Waals surface area contributed by atoms with E-state index in [0.717, 1.165) is 28.2 Å². The molecule has 0 spiro atoms. The Bertz CT molecular complexity index is 1080. The van der Waals surface area contributed by atoms with E-state index in [2.05, 4.69) is 10.4 Å². The smallest absolute Gasteiger partial charge is 0.337 e. The van der Waals surface area contributed by atoms with Crippen LogP contribution in [0.5, 0.6) is 0 Å². The molecule has 0 saturated carbocycles. The molecule has 0 unspecified atom stereocenters. The van der Waals surface area contributed by atoms with Crippen molar-refractivity contribution < 1.29 is 14.3 Å². The van der Waals surface area contributed by atoms with E-state index in [-0.39, 0.29) is 11.9 Å². The quantitative estimate of drug-likeness (QED) is 0.521. The van der Waals surface area contributed by atoms with E-state index in [0.29, 0.717) is 11.1 Å². The number of benzene rings is 2. The predicted octanol–water partition coefficient (Wildman–Crippen LogP) is 4.33. The van der Waals surface area contributed by atoms with Gasteiger partial charge in [0.1, 0.15) is 0 Å². The number of hydrogen-bond donors (Lipinski definition) is 1. The predicted molar refractivity (Wildman–Crippen MR) is 114 cm³/mol. The number of esters is 1. The summed E-state index contributed by atoms with van der Waals surface area (Å²) in [5, 5.41) is 0. The highest BCUT2D eigenvalue weighted by atomic mass is 16.5. The summed E-state index contributed by atoms with van der Waals surface area (Å²) in [7, 11) is 1.36. The van der Waals surface area contributed by atoms with Gasteiger partial charge in [-0.25, -0.2) is 4.79 Å². The van der Waals surface area contributed by atoms with Gasteiger partial charge in [-0.05, 0) is 62.7 Å². The van der Waals surface area contributed by atoms with E-state index in [1.807, 2.05) is 45.0 Å². The van der Waals surface area contributed by atoms with Gasteiger partial charge in [-0.15, -0.1) is 0 Å². The van der Waals surface area contributed by atoms with Crippen molar-refractivity contribution in [1.29, 1.82) is 0 Å². The van der Waals surface area contributed by atoms with Gasteiger partial charge in [-0.3, -0.25) is 19.9 Å². The topological polar surface area (TPSA) is 72.7 Å². The van der Waals surface area contributed by atoms with Crippen molar-refractivity contribution >= 4 is 23.8 Å². The Balaban J connectivity index is 1.81. The van der Waals surface area contributed by atoms with Crippen LogP contribution in [0.3, 0.4) is 0 Å². The number of carbonyl (C=O) groups excluding carboxylic acids is 2. The number of nitrogens with one attached hydrogen (secondary N) is 1. The third-order valence-corrected chi connectivity index (χ3v) is 4.68. The van der Waals surface area contributed by atoms with E-state index in [4.69, 9.17) is 4.74 Å². The number of aromatic nitrogens is 1. The van der Waals surface area contributed by atoms with Crippen LogP contribution in [0, 0.1) is 20.8 Å². The molecule has 0 aliphatic rings. The van der Waals surface area contributed by atoms with Crippen LogP contribution < -0.4 is 5.43 Å². The number of hydrogen-bond acceptors (Lipinski definition) is 4. The van der Waals surface area contributed by atoms with Gasteiger partial charge in [0.25, 0.3) is 5.91 Å². The molecule has 2 aromatic carbocycles. The second-order valence-electron chi connectivity index (χ2n) is 6.72. The summed E-state index contributed by atoms with van der Waals surface area (Å²) in [6.45, 7) is 5.74. The summed E-state index contributed by atoms with van der Waals surface area (Å²) in [5.74, 6) is -0.550. The Kier molecular flexibility index (Phi) is 5.93. The molecule has 3 rings (SSSR count). The number of aliphatic imine (C=N–C) groups is 1. The van der Waals surface area contributed by atoms with Crippen molar-refractivity contribution in [3.63, 3.8) is 0 Å². The lowest BCUT2D eigenvalue weighted by Gasteiger charge is -2.11. The minimum atomic E-state index is -0.374. The van der Waals surface area contributed by atoms with Gasteiger partial charge in [0.05, 0.1) is 18.4 Å². The lowest BCUT2D eigenvalue weighted by Crippen LogP contribution is -2.24. The lowest BCUT2D eigenvalue weighted by molar-refractivity contribution is 0.0600. The van der Waals surface area contributed by atoms with Crippen LogP contribution in [0.4, 0.5) is 5.69 Å². The number of rotatable bonds is 5. The van der Waals surface area contributed by atoms with Gasteiger partial charge in [-0.1, -0.05) is 18.2 Å². The fourth-order valence-electron chi connectivity index (χ4n) is 3.03. The van der Waals surface area contributed by atoms with Crippen LogP contribution in [0.25, 0.3) is 0 Å². The minimum Gasteiger partial charge on any atom is -0.465 e. The Labute approximate surface area is 169 Å². The number of aryl methyl sites for hydroxylation is 2. The molecule has 1 heterocycles. The van der Waals surface area contributed by atoms with Gasteiger partial charge < -0.3 is 4.74 Å². The maximum Gasteiger partial charge on any atom is 0.337 e. The van der Waals surface area contributed by atoms with Gasteiger partial charge in [0.15, 0.2) is 0 Å². The zero-order valence-electron chi connectivity index (χ0n) is 16.9. The molecule has 1 aromatic heterocycles. The number of amides is 1. The van der Waals surface area contributed by atoms with E-state index in [1.54, 1.807) is 41.2 Å². The first-order valence-electron chi connectivity index (χ1n) is 9.19. The second kappa shape index (κ2) is 8.56. The van der Waals surface area contributed by atoms with E-state index in [1.165, 1.54) is 7.11 Å². The minimum absolute atomic E-state index is 0.176. The number of nitrogens with zero attached hydrogens (tertiary/aromatic N) is 2. The van der Waals surface area contributed by atoms with Crippen LogP contribution in [0.15, 0.2) is 59.6 Å². The van der Waals surface area contributed by atoms with E-state index in [9.17, 15) is 9.59 Å². The molecule has 0 aliphatic carbocycles. The van der Waals surface area contributed by atoms with Crippen molar-refractivity contribution in [2.45, 2.75) is 20.8 Å². The van der Waals surface area contributed by atoms with Gasteiger partial charge >= 0.3 is 5.97 Å². The number of ether oxygens (including phenoxy) is 1. The first-order valence-corrected chi connectivity index (χ1v) is 9.19. The summed E-state index contributed by atoms with van der Waals surface area (Å²) in [5.41, 5.74) is 8.30. The average Bonchev–Trinajstić information content (AvgIpc) is 3.00. The van der Waals surface area contributed by atoms with Crippen LogP contribution in [0.1, 0.15) is 43.2 Å². The summed E-state index contributed by atoms with van der Waals surface area (Å²) >= 11 is 0. The van der Waals surface area contributed by atoms with Gasteiger partial charge in [-0.2, -0.15) is 0 Å². The molecule has 3 aromatic rings. The van der Waals surface area contributed by atoms with E-state index < -0.39 is 0 Å². The van der Waals surface area contributed by atoms with Crippen LogP contribution in [-0.2, 0) is 4.74 Å². The monoisotopic (exact) mass is 389 g/mol. The zero-order chi connectivity index (χ0) is 21.0. The molecule has 0 atom stereocenters. The van der Waals surface area contributed by atoms with Crippen LogP contribution in [-0.4, -0.2) is 29.9 Å². The third kappa shape index (κ3) is 4.43. The average molecular weight is 389 g/mol. The third-order valence-electron chi connectivity index (χ3n) is 4.68. The highest BCUT2D eigenvalue weighted by Crippen LogP contribution is 2.21. The molecule has 0 radical (unpaired) electrons. The van der Waals surface area contributed by atoms with Gasteiger partial charge in [0, 0.05) is 28.7 Å². The Morgan fingerprint density at radius 3 is 2.38 bits per heavy atom. The maximum absolute atomic E-state index is 12.5. The lowest BCUT2D eigenvalue weighted by atomic mass is 10.1. The SMILES string of the molecule is COC(=O)c1ccc(N=Cc2cc(C)n(NC(=O)c3ccccc3)c2C)c(C)c1. The van der Waals surface area contributed by atoms with Gasteiger partial charge in [0.2, 0.25) is 0 Å². The first kappa shape index (κ1) is 20.1. The largest absolute Gasteiger partial charge is 0.465 e. The standard InChI is InChI=1S/C23H23N3O3/c1-15-12-19(23(28)29-4)10-11-21(15)24-14-20-13-16(2)26(17(20)3)25-22(27)18-8-6-5-7-9-18/h5-14H,1-4H3,(H,25,27). The van der Waals surface area contributed by atoms with Crippen molar-refractivity contribution in [1.82, 2.24) is 4.68 Å².